The standard InChI is InChI=1S/C19H28N4S/c1-15(16-9-6-5-7-10-16)23-19(2,3)14-22-18(20-4)21-13-17-11-8-12-24-17/h5-12,15,23H,13-14H2,1-4H3,(H2,20,21,22). The third-order valence-electron chi connectivity index (χ3n) is 3.84. The number of guanidine groups is 1. The molecule has 24 heavy (non-hydrogen) atoms. The summed E-state index contributed by atoms with van der Waals surface area (Å²) in [4.78, 5) is 5.60. The molecular formula is C19H28N4S. The van der Waals surface area contributed by atoms with Crippen LogP contribution >= 0.6 is 11.3 Å². The van der Waals surface area contributed by atoms with E-state index in [0.29, 0.717) is 6.04 Å². The lowest BCUT2D eigenvalue weighted by Crippen LogP contribution is -2.52. The number of benzene rings is 1. The van der Waals surface area contributed by atoms with Gasteiger partial charge in [-0.1, -0.05) is 36.4 Å². The van der Waals surface area contributed by atoms with Crippen molar-refractivity contribution in [2.75, 3.05) is 13.6 Å². The lowest BCUT2D eigenvalue weighted by atomic mass is 10.0. The zero-order valence-electron chi connectivity index (χ0n) is 15.0. The first-order valence-electron chi connectivity index (χ1n) is 8.30. The van der Waals surface area contributed by atoms with Crippen molar-refractivity contribution < 1.29 is 0 Å². The Morgan fingerprint density at radius 3 is 2.50 bits per heavy atom. The van der Waals surface area contributed by atoms with Gasteiger partial charge in [-0.25, -0.2) is 0 Å². The summed E-state index contributed by atoms with van der Waals surface area (Å²) in [6, 6.07) is 15.0. The van der Waals surface area contributed by atoms with Crippen LogP contribution in [0.3, 0.4) is 0 Å². The van der Waals surface area contributed by atoms with Crippen LogP contribution < -0.4 is 16.0 Å². The van der Waals surface area contributed by atoms with E-state index in [0.717, 1.165) is 19.0 Å². The second-order valence-corrected chi connectivity index (χ2v) is 7.55. The van der Waals surface area contributed by atoms with E-state index in [2.05, 4.69) is 83.5 Å². The SMILES string of the molecule is CN=C(NCc1cccs1)NCC(C)(C)NC(C)c1ccccc1. The molecule has 4 nitrogen and oxygen atoms in total. The van der Waals surface area contributed by atoms with Crippen molar-refractivity contribution in [2.24, 2.45) is 4.99 Å². The van der Waals surface area contributed by atoms with Crippen LogP contribution in [0.1, 0.15) is 37.3 Å². The molecule has 130 valence electrons. The lowest BCUT2D eigenvalue weighted by Gasteiger charge is -2.31. The van der Waals surface area contributed by atoms with Crippen LogP contribution in [-0.4, -0.2) is 25.1 Å². The average molecular weight is 345 g/mol. The maximum Gasteiger partial charge on any atom is 0.191 e. The summed E-state index contributed by atoms with van der Waals surface area (Å²) in [5.74, 6) is 0.825. The van der Waals surface area contributed by atoms with Crippen molar-refractivity contribution in [1.82, 2.24) is 16.0 Å². The number of nitrogens with one attached hydrogen (secondary N) is 3. The molecule has 3 N–H and O–H groups in total. The topological polar surface area (TPSA) is 48.5 Å². The zero-order chi connectivity index (χ0) is 17.4. The van der Waals surface area contributed by atoms with Crippen molar-refractivity contribution >= 4 is 17.3 Å². The summed E-state index contributed by atoms with van der Waals surface area (Å²) in [5, 5.41) is 12.5. The van der Waals surface area contributed by atoms with Crippen LogP contribution in [0.15, 0.2) is 52.8 Å². The van der Waals surface area contributed by atoms with Gasteiger partial charge in [-0.15, -0.1) is 11.3 Å². The second kappa shape index (κ2) is 8.85. The third-order valence-corrected chi connectivity index (χ3v) is 4.71. The van der Waals surface area contributed by atoms with Gasteiger partial charge in [0, 0.05) is 30.1 Å². The largest absolute Gasteiger partial charge is 0.355 e. The van der Waals surface area contributed by atoms with Gasteiger partial charge in [-0.3, -0.25) is 4.99 Å². The molecule has 1 atom stereocenters. The first-order chi connectivity index (χ1) is 11.5. The van der Waals surface area contributed by atoms with Gasteiger partial charge in [0.05, 0.1) is 6.54 Å². The Bertz CT molecular complexity index is 620. The number of aliphatic imine (C=N–C) groups is 1. The van der Waals surface area contributed by atoms with Crippen molar-refractivity contribution in [3.63, 3.8) is 0 Å². The van der Waals surface area contributed by atoms with Crippen molar-refractivity contribution in [2.45, 2.75) is 38.9 Å². The van der Waals surface area contributed by atoms with E-state index in [4.69, 9.17) is 0 Å². The van der Waals surface area contributed by atoms with Gasteiger partial charge in [0.1, 0.15) is 0 Å². The van der Waals surface area contributed by atoms with Gasteiger partial charge in [-0.05, 0) is 37.8 Å². The minimum atomic E-state index is -0.0597. The minimum Gasteiger partial charge on any atom is -0.355 e. The van der Waals surface area contributed by atoms with Crippen LogP contribution in [0.4, 0.5) is 0 Å². The van der Waals surface area contributed by atoms with Gasteiger partial charge in [0.25, 0.3) is 0 Å². The molecule has 5 heteroatoms. The van der Waals surface area contributed by atoms with Gasteiger partial charge in [0.2, 0.25) is 0 Å². The molecule has 0 saturated heterocycles. The predicted molar refractivity (Wildman–Crippen MR) is 105 cm³/mol. The molecule has 0 aliphatic carbocycles. The number of nitrogens with zero attached hydrogens (tertiary/aromatic N) is 1. The zero-order valence-corrected chi connectivity index (χ0v) is 15.8. The van der Waals surface area contributed by atoms with Crippen molar-refractivity contribution in [1.29, 1.82) is 0 Å². The highest BCUT2D eigenvalue weighted by Crippen LogP contribution is 2.15. The number of rotatable bonds is 7. The third kappa shape index (κ3) is 5.98. The van der Waals surface area contributed by atoms with Gasteiger partial charge in [0.15, 0.2) is 5.96 Å². The lowest BCUT2D eigenvalue weighted by molar-refractivity contribution is 0.345. The van der Waals surface area contributed by atoms with Crippen LogP contribution in [0, 0.1) is 0 Å². The van der Waals surface area contributed by atoms with Crippen molar-refractivity contribution in [3.8, 4) is 0 Å². The molecule has 0 aliphatic heterocycles. The van der Waals surface area contributed by atoms with E-state index in [-0.39, 0.29) is 5.54 Å². The summed E-state index contributed by atoms with van der Waals surface area (Å²) in [6.07, 6.45) is 0. The van der Waals surface area contributed by atoms with Gasteiger partial charge >= 0.3 is 0 Å². The summed E-state index contributed by atoms with van der Waals surface area (Å²) >= 11 is 1.75. The molecule has 2 rings (SSSR count). The molecule has 2 aromatic rings. The van der Waals surface area contributed by atoms with Gasteiger partial charge in [-0.2, -0.15) is 0 Å². The molecular weight excluding hydrogens is 316 g/mol. The van der Waals surface area contributed by atoms with Crippen LogP contribution in [0.5, 0.6) is 0 Å². The Kier molecular flexibility index (Phi) is 6.82. The molecule has 0 bridgehead atoms. The Morgan fingerprint density at radius 2 is 1.88 bits per heavy atom. The number of hydrogen-bond acceptors (Lipinski definition) is 3. The fourth-order valence-electron chi connectivity index (χ4n) is 2.57. The Morgan fingerprint density at radius 1 is 1.12 bits per heavy atom. The molecule has 0 amide bonds. The van der Waals surface area contributed by atoms with Gasteiger partial charge < -0.3 is 16.0 Å². The summed E-state index contributed by atoms with van der Waals surface area (Å²) in [5.41, 5.74) is 1.24. The molecule has 0 spiro atoms. The quantitative estimate of drug-likeness (QED) is 0.532. The van der Waals surface area contributed by atoms with Crippen LogP contribution in [0.2, 0.25) is 0 Å². The van der Waals surface area contributed by atoms with Crippen LogP contribution in [-0.2, 0) is 6.54 Å². The summed E-state index contributed by atoms with van der Waals surface area (Å²) in [6.45, 7) is 8.18. The van der Waals surface area contributed by atoms with E-state index >= 15 is 0 Å². The highest BCUT2D eigenvalue weighted by atomic mass is 32.1. The second-order valence-electron chi connectivity index (χ2n) is 6.52. The van der Waals surface area contributed by atoms with Crippen molar-refractivity contribution in [3.05, 3.63) is 58.3 Å². The first-order valence-corrected chi connectivity index (χ1v) is 9.18. The molecule has 0 radical (unpaired) electrons. The summed E-state index contributed by atoms with van der Waals surface area (Å²) < 4.78 is 0. The monoisotopic (exact) mass is 344 g/mol. The molecule has 0 aliphatic rings. The number of hydrogen-bond donors (Lipinski definition) is 3. The molecule has 1 unspecified atom stereocenters. The van der Waals surface area contributed by atoms with E-state index in [9.17, 15) is 0 Å². The molecule has 0 saturated carbocycles. The molecule has 1 aromatic carbocycles. The Balaban J connectivity index is 1.81. The highest BCUT2D eigenvalue weighted by Gasteiger charge is 2.21. The van der Waals surface area contributed by atoms with E-state index in [1.807, 2.05) is 6.07 Å². The summed E-state index contributed by atoms with van der Waals surface area (Å²) in [7, 11) is 1.80. The molecule has 1 heterocycles. The average Bonchev–Trinajstić information content (AvgIpc) is 3.09. The normalized spacial score (nSPS) is 13.6. The fraction of sp³-hybridized carbons (Fsp3) is 0.421. The number of thiophene rings is 1. The maximum absolute atomic E-state index is 4.30. The molecule has 0 fully saturated rings. The maximum atomic E-state index is 4.30. The highest BCUT2D eigenvalue weighted by molar-refractivity contribution is 7.09. The van der Waals surface area contributed by atoms with Crippen LogP contribution in [0.25, 0.3) is 0 Å². The predicted octanol–water partition coefficient (Wildman–Crippen LogP) is 3.54. The molecule has 1 aromatic heterocycles. The smallest absolute Gasteiger partial charge is 0.191 e. The Hall–Kier alpha value is -1.85. The van der Waals surface area contributed by atoms with E-state index in [1.165, 1.54) is 10.4 Å². The fourth-order valence-corrected chi connectivity index (χ4v) is 3.22. The van der Waals surface area contributed by atoms with E-state index < -0.39 is 0 Å². The first kappa shape index (κ1) is 18.5. The van der Waals surface area contributed by atoms with E-state index in [1.54, 1.807) is 18.4 Å². The minimum absolute atomic E-state index is 0.0597. The Labute approximate surface area is 149 Å².